The smallest absolute Gasteiger partial charge is 0.287 e. The molecule has 0 spiro atoms. The van der Waals surface area contributed by atoms with Crippen molar-refractivity contribution in [1.82, 2.24) is 10.2 Å². The molecule has 4 rings (SSSR count). The third kappa shape index (κ3) is 4.01. The standard InChI is InChI=1S/C24H28N2O3/c1-16-6-11-20-17(2)23(29-22(20)14-16)24(27)25-15-21(26-12-4-5-13-26)18-7-9-19(28-3)10-8-18/h6-11,14,21H,4-5,12-13,15H2,1-3H3,(H,25,27)/t21-/m0/s1. The van der Waals surface area contributed by atoms with Gasteiger partial charge in [-0.3, -0.25) is 9.69 Å². The van der Waals surface area contributed by atoms with Crippen LogP contribution in [0, 0.1) is 13.8 Å². The molecule has 29 heavy (non-hydrogen) atoms. The molecule has 0 radical (unpaired) electrons. The molecule has 1 fully saturated rings. The van der Waals surface area contributed by atoms with E-state index < -0.39 is 0 Å². The maximum atomic E-state index is 12.9. The van der Waals surface area contributed by atoms with Gasteiger partial charge in [-0.15, -0.1) is 0 Å². The zero-order valence-corrected chi connectivity index (χ0v) is 17.3. The molecular weight excluding hydrogens is 364 g/mol. The van der Waals surface area contributed by atoms with E-state index in [0.29, 0.717) is 12.3 Å². The maximum Gasteiger partial charge on any atom is 0.287 e. The van der Waals surface area contributed by atoms with Crippen molar-refractivity contribution in [3.05, 3.63) is 64.9 Å². The van der Waals surface area contributed by atoms with Gasteiger partial charge in [-0.05, 0) is 69.1 Å². The van der Waals surface area contributed by atoms with E-state index in [0.717, 1.165) is 40.9 Å². The van der Waals surface area contributed by atoms with Gasteiger partial charge in [0, 0.05) is 17.5 Å². The van der Waals surface area contributed by atoms with Crippen molar-refractivity contribution in [2.45, 2.75) is 32.7 Å². The van der Waals surface area contributed by atoms with Crippen LogP contribution >= 0.6 is 0 Å². The third-order valence-electron chi connectivity index (χ3n) is 5.84. The van der Waals surface area contributed by atoms with Crippen LogP contribution in [0.15, 0.2) is 46.9 Å². The fraction of sp³-hybridized carbons (Fsp3) is 0.375. The Balaban J connectivity index is 1.53. The highest BCUT2D eigenvalue weighted by atomic mass is 16.5. The Bertz CT molecular complexity index is 1000. The van der Waals surface area contributed by atoms with Gasteiger partial charge in [0.15, 0.2) is 5.76 Å². The molecule has 2 heterocycles. The number of hydrogen-bond donors (Lipinski definition) is 1. The summed E-state index contributed by atoms with van der Waals surface area (Å²) in [7, 11) is 1.67. The largest absolute Gasteiger partial charge is 0.497 e. The average molecular weight is 392 g/mol. The van der Waals surface area contributed by atoms with Crippen molar-refractivity contribution in [1.29, 1.82) is 0 Å². The predicted octanol–water partition coefficient (Wildman–Crippen LogP) is 4.63. The van der Waals surface area contributed by atoms with Crippen LogP contribution in [-0.2, 0) is 0 Å². The lowest BCUT2D eigenvalue weighted by atomic mass is 10.0. The van der Waals surface area contributed by atoms with Crippen LogP contribution in [0.25, 0.3) is 11.0 Å². The molecule has 1 aliphatic rings. The molecule has 1 aromatic heterocycles. The number of rotatable bonds is 6. The van der Waals surface area contributed by atoms with Crippen LogP contribution in [0.5, 0.6) is 5.75 Å². The van der Waals surface area contributed by atoms with Gasteiger partial charge in [-0.2, -0.15) is 0 Å². The van der Waals surface area contributed by atoms with Gasteiger partial charge in [0.05, 0.1) is 13.2 Å². The zero-order valence-electron chi connectivity index (χ0n) is 17.3. The van der Waals surface area contributed by atoms with Gasteiger partial charge in [0.25, 0.3) is 5.91 Å². The van der Waals surface area contributed by atoms with Crippen molar-refractivity contribution in [3.8, 4) is 5.75 Å². The van der Waals surface area contributed by atoms with Gasteiger partial charge >= 0.3 is 0 Å². The van der Waals surface area contributed by atoms with Gasteiger partial charge in [-0.25, -0.2) is 0 Å². The highest BCUT2D eigenvalue weighted by molar-refractivity contribution is 5.99. The van der Waals surface area contributed by atoms with Crippen molar-refractivity contribution in [2.24, 2.45) is 0 Å². The number of carbonyl (C=O) groups is 1. The summed E-state index contributed by atoms with van der Waals surface area (Å²) in [4.78, 5) is 15.4. The molecule has 3 aromatic rings. The number of methoxy groups -OCH3 is 1. The Labute approximate surface area is 171 Å². The normalized spacial score (nSPS) is 15.6. The Morgan fingerprint density at radius 3 is 2.55 bits per heavy atom. The first-order chi connectivity index (χ1) is 14.1. The van der Waals surface area contributed by atoms with Crippen molar-refractivity contribution >= 4 is 16.9 Å². The van der Waals surface area contributed by atoms with Crippen LogP contribution in [0.2, 0.25) is 0 Å². The Morgan fingerprint density at radius 1 is 1.14 bits per heavy atom. The molecule has 0 bridgehead atoms. The number of furan rings is 1. The summed E-state index contributed by atoms with van der Waals surface area (Å²) < 4.78 is 11.2. The van der Waals surface area contributed by atoms with Crippen LogP contribution in [0.3, 0.4) is 0 Å². The van der Waals surface area contributed by atoms with Gasteiger partial charge < -0.3 is 14.5 Å². The molecule has 1 aliphatic heterocycles. The summed E-state index contributed by atoms with van der Waals surface area (Å²) in [5, 5.41) is 4.11. The fourth-order valence-electron chi connectivity index (χ4n) is 4.16. The number of hydrogen-bond acceptors (Lipinski definition) is 4. The van der Waals surface area contributed by atoms with Gasteiger partial charge in [-0.1, -0.05) is 24.3 Å². The van der Waals surface area contributed by atoms with E-state index >= 15 is 0 Å². The summed E-state index contributed by atoms with van der Waals surface area (Å²) in [5.74, 6) is 1.08. The summed E-state index contributed by atoms with van der Waals surface area (Å²) in [5.41, 5.74) is 3.95. The van der Waals surface area contributed by atoms with E-state index in [-0.39, 0.29) is 11.9 Å². The second-order valence-corrected chi connectivity index (χ2v) is 7.80. The lowest BCUT2D eigenvalue weighted by molar-refractivity contribution is 0.0911. The molecule has 152 valence electrons. The lowest BCUT2D eigenvalue weighted by Crippen LogP contribution is -2.36. The number of ether oxygens (including phenoxy) is 1. The molecule has 1 saturated heterocycles. The molecule has 5 heteroatoms. The third-order valence-corrected chi connectivity index (χ3v) is 5.84. The first-order valence-corrected chi connectivity index (χ1v) is 10.2. The van der Waals surface area contributed by atoms with E-state index in [9.17, 15) is 4.79 Å². The quantitative estimate of drug-likeness (QED) is 0.665. The van der Waals surface area contributed by atoms with E-state index in [1.54, 1.807) is 7.11 Å². The summed E-state index contributed by atoms with van der Waals surface area (Å²) in [6.07, 6.45) is 2.39. The second-order valence-electron chi connectivity index (χ2n) is 7.80. The predicted molar refractivity (Wildman–Crippen MR) is 115 cm³/mol. The minimum absolute atomic E-state index is 0.138. The summed E-state index contributed by atoms with van der Waals surface area (Å²) in [6, 6.07) is 14.3. The van der Waals surface area contributed by atoms with Gasteiger partial charge in [0.1, 0.15) is 11.3 Å². The Morgan fingerprint density at radius 2 is 1.86 bits per heavy atom. The highest BCUT2D eigenvalue weighted by Crippen LogP contribution is 2.28. The number of carbonyl (C=O) groups excluding carboxylic acids is 1. The van der Waals surface area contributed by atoms with E-state index in [4.69, 9.17) is 9.15 Å². The molecule has 1 amide bonds. The van der Waals surface area contributed by atoms with Crippen LogP contribution in [-0.4, -0.2) is 37.6 Å². The number of amides is 1. The van der Waals surface area contributed by atoms with Gasteiger partial charge in [0.2, 0.25) is 0 Å². The Kier molecular flexibility index (Phi) is 5.58. The van der Waals surface area contributed by atoms with Crippen LogP contribution in [0.4, 0.5) is 0 Å². The van der Waals surface area contributed by atoms with Crippen molar-refractivity contribution < 1.29 is 13.9 Å². The first kappa shape index (κ1) is 19.5. The summed E-state index contributed by atoms with van der Waals surface area (Å²) in [6.45, 7) is 6.61. The number of benzene rings is 2. The van der Waals surface area contributed by atoms with Crippen molar-refractivity contribution in [3.63, 3.8) is 0 Å². The van der Waals surface area contributed by atoms with Crippen LogP contribution in [0.1, 0.15) is 46.1 Å². The zero-order chi connectivity index (χ0) is 20.4. The van der Waals surface area contributed by atoms with E-state index in [2.05, 4.69) is 22.3 Å². The molecule has 1 atom stereocenters. The van der Waals surface area contributed by atoms with Crippen molar-refractivity contribution in [2.75, 3.05) is 26.7 Å². The topological polar surface area (TPSA) is 54.7 Å². The molecule has 0 saturated carbocycles. The molecule has 2 aromatic carbocycles. The number of likely N-dealkylation sites (tertiary alicyclic amines) is 1. The van der Waals surface area contributed by atoms with Crippen LogP contribution < -0.4 is 10.1 Å². The number of nitrogens with one attached hydrogen (secondary N) is 1. The highest BCUT2D eigenvalue weighted by Gasteiger charge is 2.25. The molecular formula is C24H28N2O3. The molecule has 0 aliphatic carbocycles. The maximum absolute atomic E-state index is 12.9. The lowest BCUT2D eigenvalue weighted by Gasteiger charge is -2.28. The number of nitrogens with zero attached hydrogens (tertiary/aromatic N) is 1. The van der Waals surface area contributed by atoms with E-state index in [1.165, 1.54) is 18.4 Å². The average Bonchev–Trinajstić information content (AvgIpc) is 3.37. The number of aryl methyl sites for hydroxylation is 2. The molecule has 1 N–H and O–H groups in total. The molecule has 5 nitrogen and oxygen atoms in total. The molecule has 0 unspecified atom stereocenters. The Hall–Kier alpha value is -2.79. The summed E-state index contributed by atoms with van der Waals surface area (Å²) >= 11 is 0. The van der Waals surface area contributed by atoms with E-state index in [1.807, 2.05) is 44.2 Å². The fourth-order valence-corrected chi connectivity index (χ4v) is 4.16. The second kappa shape index (κ2) is 8.29. The minimum Gasteiger partial charge on any atom is -0.497 e. The SMILES string of the molecule is COc1ccc([C@H](CNC(=O)c2oc3cc(C)ccc3c2C)N2CCCC2)cc1. The minimum atomic E-state index is -0.158. The number of fused-ring (bicyclic) bond motifs is 1. The first-order valence-electron chi connectivity index (χ1n) is 10.2. The monoisotopic (exact) mass is 392 g/mol.